The molecule has 1 amide bonds. The van der Waals surface area contributed by atoms with E-state index >= 15 is 0 Å². The zero-order valence-electron chi connectivity index (χ0n) is 17.9. The fraction of sp³-hybridized carbons (Fsp3) is 0.458. The standard InChI is InChI=1S/C24H32FN3O/c1-17(2)19-8-7-9-20(18(3)4)24(19)26-23(29)16-27-12-14-28(15-13-27)22-11-6-5-10-21(22)25/h5-11,17-18H,12-16H2,1-4H3,(H,26,29). The minimum absolute atomic E-state index is 0.0133. The van der Waals surface area contributed by atoms with Gasteiger partial charge in [-0.15, -0.1) is 0 Å². The van der Waals surface area contributed by atoms with Gasteiger partial charge in [-0.25, -0.2) is 4.39 Å². The van der Waals surface area contributed by atoms with Gasteiger partial charge in [0.25, 0.3) is 0 Å². The normalized spacial score (nSPS) is 15.2. The van der Waals surface area contributed by atoms with Gasteiger partial charge < -0.3 is 10.2 Å². The molecular weight excluding hydrogens is 365 g/mol. The van der Waals surface area contributed by atoms with Crippen LogP contribution in [-0.4, -0.2) is 43.5 Å². The van der Waals surface area contributed by atoms with Crippen LogP contribution >= 0.6 is 0 Å². The summed E-state index contributed by atoms with van der Waals surface area (Å²) in [5.74, 6) is 0.506. The lowest BCUT2D eigenvalue weighted by Gasteiger charge is -2.36. The molecule has 2 aromatic carbocycles. The van der Waals surface area contributed by atoms with Crippen molar-refractivity contribution < 1.29 is 9.18 Å². The number of hydrogen-bond acceptors (Lipinski definition) is 3. The van der Waals surface area contributed by atoms with Gasteiger partial charge in [-0.3, -0.25) is 9.69 Å². The molecule has 4 nitrogen and oxygen atoms in total. The molecule has 29 heavy (non-hydrogen) atoms. The number of anilines is 2. The topological polar surface area (TPSA) is 35.6 Å². The molecule has 5 heteroatoms. The van der Waals surface area contributed by atoms with Crippen LogP contribution in [-0.2, 0) is 4.79 Å². The third kappa shape index (κ3) is 5.15. The molecule has 0 aromatic heterocycles. The zero-order valence-corrected chi connectivity index (χ0v) is 17.9. The largest absolute Gasteiger partial charge is 0.367 e. The smallest absolute Gasteiger partial charge is 0.238 e. The Morgan fingerprint density at radius 3 is 2.07 bits per heavy atom. The number of amides is 1. The Hall–Kier alpha value is -2.40. The molecule has 0 spiro atoms. The van der Waals surface area contributed by atoms with E-state index in [0.29, 0.717) is 37.2 Å². The maximum atomic E-state index is 14.0. The highest BCUT2D eigenvalue weighted by Crippen LogP contribution is 2.32. The van der Waals surface area contributed by atoms with E-state index < -0.39 is 0 Å². The predicted octanol–water partition coefficient (Wildman–Crippen LogP) is 4.83. The Balaban J connectivity index is 1.62. The van der Waals surface area contributed by atoms with Crippen molar-refractivity contribution in [1.29, 1.82) is 0 Å². The fourth-order valence-corrected chi connectivity index (χ4v) is 3.93. The molecule has 0 aliphatic carbocycles. The lowest BCUT2D eigenvalue weighted by atomic mass is 9.92. The van der Waals surface area contributed by atoms with Crippen LogP contribution in [0.25, 0.3) is 0 Å². The van der Waals surface area contributed by atoms with Gasteiger partial charge in [0.05, 0.1) is 12.2 Å². The summed E-state index contributed by atoms with van der Waals surface area (Å²) in [5, 5.41) is 3.19. The molecule has 3 rings (SSSR count). The van der Waals surface area contributed by atoms with Gasteiger partial charge in [0, 0.05) is 31.9 Å². The first-order chi connectivity index (χ1) is 13.9. The molecule has 0 unspecified atom stereocenters. The number of carbonyl (C=O) groups is 1. The van der Waals surface area contributed by atoms with E-state index in [1.807, 2.05) is 12.1 Å². The lowest BCUT2D eigenvalue weighted by Crippen LogP contribution is -2.49. The van der Waals surface area contributed by atoms with E-state index in [1.54, 1.807) is 6.07 Å². The number of nitrogens with one attached hydrogen (secondary N) is 1. The highest BCUT2D eigenvalue weighted by atomic mass is 19.1. The average molecular weight is 398 g/mol. The Morgan fingerprint density at radius 1 is 0.931 bits per heavy atom. The summed E-state index contributed by atoms with van der Waals surface area (Å²) in [5.41, 5.74) is 3.96. The van der Waals surface area contributed by atoms with Crippen LogP contribution in [0.4, 0.5) is 15.8 Å². The van der Waals surface area contributed by atoms with Crippen molar-refractivity contribution in [2.45, 2.75) is 39.5 Å². The van der Waals surface area contributed by atoms with Gasteiger partial charge in [-0.1, -0.05) is 58.0 Å². The third-order valence-corrected chi connectivity index (χ3v) is 5.57. The van der Waals surface area contributed by atoms with Gasteiger partial charge in [0.15, 0.2) is 0 Å². The predicted molar refractivity (Wildman–Crippen MR) is 118 cm³/mol. The van der Waals surface area contributed by atoms with Gasteiger partial charge in [0.2, 0.25) is 5.91 Å². The van der Waals surface area contributed by atoms with Gasteiger partial charge >= 0.3 is 0 Å². The number of halogens is 1. The summed E-state index contributed by atoms with van der Waals surface area (Å²) in [6, 6.07) is 13.1. The Morgan fingerprint density at radius 2 is 1.52 bits per heavy atom. The third-order valence-electron chi connectivity index (χ3n) is 5.57. The SMILES string of the molecule is CC(C)c1cccc(C(C)C)c1NC(=O)CN1CCN(c2ccccc2F)CC1. The van der Waals surface area contributed by atoms with Crippen LogP contribution in [0.3, 0.4) is 0 Å². The summed E-state index contributed by atoms with van der Waals surface area (Å²) in [6.45, 7) is 11.9. The molecule has 1 heterocycles. The van der Waals surface area contributed by atoms with Gasteiger partial charge in [0.1, 0.15) is 5.82 Å². The summed E-state index contributed by atoms with van der Waals surface area (Å²) >= 11 is 0. The number of para-hydroxylation sites is 2. The minimum atomic E-state index is -0.190. The van der Waals surface area contributed by atoms with Crippen LogP contribution < -0.4 is 10.2 Å². The van der Waals surface area contributed by atoms with Crippen molar-refractivity contribution in [2.24, 2.45) is 0 Å². The molecule has 1 aliphatic heterocycles. The van der Waals surface area contributed by atoms with E-state index in [1.165, 1.54) is 17.2 Å². The van der Waals surface area contributed by atoms with E-state index in [9.17, 15) is 9.18 Å². The molecule has 1 N–H and O–H groups in total. The van der Waals surface area contributed by atoms with Crippen molar-refractivity contribution in [3.63, 3.8) is 0 Å². The van der Waals surface area contributed by atoms with Gasteiger partial charge in [-0.2, -0.15) is 0 Å². The Bertz CT molecular complexity index is 816. The zero-order chi connectivity index (χ0) is 21.0. The minimum Gasteiger partial charge on any atom is -0.367 e. The van der Waals surface area contributed by atoms with Crippen molar-refractivity contribution in [3.05, 3.63) is 59.4 Å². The highest BCUT2D eigenvalue weighted by molar-refractivity contribution is 5.94. The van der Waals surface area contributed by atoms with E-state index in [-0.39, 0.29) is 11.7 Å². The van der Waals surface area contributed by atoms with Crippen molar-refractivity contribution in [2.75, 3.05) is 42.9 Å². The number of nitrogens with zero attached hydrogens (tertiary/aromatic N) is 2. The first-order valence-corrected chi connectivity index (χ1v) is 10.5. The molecule has 1 aliphatic rings. The van der Waals surface area contributed by atoms with Crippen molar-refractivity contribution >= 4 is 17.3 Å². The van der Waals surface area contributed by atoms with Crippen LogP contribution in [0.2, 0.25) is 0 Å². The van der Waals surface area contributed by atoms with Crippen LogP contribution in [0.15, 0.2) is 42.5 Å². The molecule has 0 saturated carbocycles. The quantitative estimate of drug-likeness (QED) is 0.758. The second kappa shape index (κ2) is 9.40. The lowest BCUT2D eigenvalue weighted by molar-refractivity contribution is -0.117. The molecular formula is C24H32FN3O. The number of hydrogen-bond donors (Lipinski definition) is 1. The van der Waals surface area contributed by atoms with E-state index in [0.717, 1.165) is 18.8 Å². The molecule has 2 aromatic rings. The monoisotopic (exact) mass is 397 g/mol. The van der Waals surface area contributed by atoms with E-state index in [2.05, 4.69) is 61.0 Å². The molecule has 1 fully saturated rings. The molecule has 0 radical (unpaired) electrons. The Kier molecular flexibility index (Phi) is 6.91. The van der Waals surface area contributed by atoms with Crippen LogP contribution in [0.5, 0.6) is 0 Å². The van der Waals surface area contributed by atoms with Crippen molar-refractivity contribution in [1.82, 2.24) is 4.90 Å². The highest BCUT2D eigenvalue weighted by Gasteiger charge is 2.22. The molecule has 0 atom stereocenters. The summed E-state index contributed by atoms with van der Waals surface area (Å²) in [6.07, 6.45) is 0. The van der Waals surface area contributed by atoms with Crippen molar-refractivity contribution in [3.8, 4) is 0 Å². The summed E-state index contributed by atoms with van der Waals surface area (Å²) in [4.78, 5) is 17.0. The first kappa shape index (κ1) is 21.3. The fourth-order valence-electron chi connectivity index (χ4n) is 3.93. The molecule has 0 bridgehead atoms. The van der Waals surface area contributed by atoms with Crippen LogP contribution in [0, 0.1) is 5.82 Å². The molecule has 156 valence electrons. The number of benzene rings is 2. The van der Waals surface area contributed by atoms with E-state index in [4.69, 9.17) is 0 Å². The van der Waals surface area contributed by atoms with Gasteiger partial charge in [-0.05, 0) is 35.1 Å². The average Bonchev–Trinajstić information content (AvgIpc) is 2.69. The van der Waals surface area contributed by atoms with Crippen LogP contribution in [0.1, 0.15) is 50.7 Å². The summed E-state index contributed by atoms with van der Waals surface area (Å²) < 4.78 is 14.0. The summed E-state index contributed by atoms with van der Waals surface area (Å²) in [7, 11) is 0. The maximum Gasteiger partial charge on any atom is 0.238 e. The maximum absolute atomic E-state index is 14.0. The number of carbonyl (C=O) groups excluding carboxylic acids is 1. The second-order valence-corrected chi connectivity index (χ2v) is 8.38. The second-order valence-electron chi connectivity index (χ2n) is 8.38. The number of rotatable bonds is 6. The number of piperazine rings is 1. The molecule has 1 saturated heterocycles. The first-order valence-electron chi connectivity index (χ1n) is 10.5. The Labute approximate surface area is 173 Å².